The number of nitrogens with zero attached hydrogens (tertiary/aromatic N) is 3. The number of halogens is 3. The molecule has 11 heteroatoms. The van der Waals surface area contributed by atoms with E-state index < -0.39 is 17.6 Å². The number of hydrogen-bond donors (Lipinski definition) is 2. The highest BCUT2D eigenvalue weighted by Gasteiger charge is 2.30. The van der Waals surface area contributed by atoms with Gasteiger partial charge in [-0.15, -0.1) is 0 Å². The Hall–Kier alpha value is -4.22. The van der Waals surface area contributed by atoms with Gasteiger partial charge in [0, 0.05) is 57.2 Å². The van der Waals surface area contributed by atoms with Gasteiger partial charge in [-0.2, -0.15) is 13.2 Å². The van der Waals surface area contributed by atoms with Crippen molar-refractivity contribution in [2.24, 2.45) is 0 Å². The van der Waals surface area contributed by atoms with Gasteiger partial charge < -0.3 is 20.3 Å². The zero-order chi connectivity index (χ0) is 28.5. The SMILES string of the molecule is COCCN1CCN(c2ccc(NC(=O)/C=C/c3cccc(NC(=O)c4cccc(C(F)(F)F)c4)c3)nc2)CC1. The van der Waals surface area contributed by atoms with Crippen molar-refractivity contribution in [3.8, 4) is 0 Å². The molecule has 2 N–H and O–H groups in total. The van der Waals surface area contributed by atoms with Gasteiger partial charge in [-0.05, 0) is 54.1 Å². The molecule has 0 unspecified atom stereocenters. The second-order valence-electron chi connectivity index (χ2n) is 9.20. The number of pyridine rings is 1. The Morgan fingerprint density at radius 3 is 2.48 bits per heavy atom. The van der Waals surface area contributed by atoms with Gasteiger partial charge in [0.05, 0.1) is 24.1 Å². The summed E-state index contributed by atoms with van der Waals surface area (Å²) >= 11 is 0. The largest absolute Gasteiger partial charge is 0.416 e. The van der Waals surface area contributed by atoms with E-state index >= 15 is 0 Å². The molecule has 0 aliphatic carbocycles. The lowest BCUT2D eigenvalue weighted by atomic mass is 10.1. The summed E-state index contributed by atoms with van der Waals surface area (Å²) in [5.74, 6) is -0.642. The minimum atomic E-state index is -4.54. The molecule has 2 aromatic carbocycles. The number of hydrogen-bond acceptors (Lipinski definition) is 6. The van der Waals surface area contributed by atoms with Crippen molar-refractivity contribution in [3.63, 3.8) is 0 Å². The van der Waals surface area contributed by atoms with Crippen LogP contribution in [0.25, 0.3) is 6.08 Å². The van der Waals surface area contributed by atoms with Crippen LogP contribution in [0.3, 0.4) is 0 Å². The van der Waals surface area contributed by atoms with Crippen LogP contribution < -0.4 is 15.5 Å². The molecular weight excluding hydrogens is 523 g/mol. The highest BCUT2D eigenvalue weighted by molar-refractivity contribution is 6.05. The van der Waals surface area contributed by atoms with Crippen molar-refractivity contribution in [3.05, 3.63) is 89.6 Å². The Morgan fingerprint density at radius 1 is 1.00 bits per heavy atom. The quantitative estimate of drug-likeness (QED) is 0.371. The van der Waals surface area contributed by atoms with Crippen LogP contribution in [0.1, 0.15) is 21.5 Å². The van der Waals surface area contributed by atoms with Crippen molar-refractivity contribution < 1.29 is 27.5 Å². The van der Waals surface area contributed by atoms with Crippen LogP contribution in [0.4, 0.5) is 30.4 Å². The van der Waals surface area contributed by atoms with E-state index in [9.17, 15) is 22.8 Å². The summed E-state index contributed by atoms with van der Waals surface area (Å²) in [7, 11) is 1.70. The van der Waals surface area contributed by atoms with E-state index in [1.807, 2.05) is 6.07 Å². The van der Waals surface area contributed by atoms with Gasteiger partial charge in [0.1, 0.15) is 5.82 Å². The van der Waals surface area contributed by atoms with Gasteiger partial charge in [-0.1, -0.05) is 18.2 Å². The average molecular weight is 554 g/mol. The first-order valence-electron chi connectivity index (χ1n) is 12.7. The third kappa shape index (κ3) is 8.14. The van der Waals surface area contributed by atoms with E-state index in [0.29, 0.717) is 17.1 Å². The van der Waals surface area contributed by atoms with Crippen molar-refractivity contribution in [1.29, 1.82) is 0 Å². The van der Waals surface area contributed by atoms with Gasteiger partial charge in [-0.25, -0.2) is 4.98 Å². The molecule has 2 heterocycles. The highest BCUT2D eigenvalue weighted by atomic mass is 19.4. The highest BCUT2D eigenvalue weighted by Crippen LogP contribution is 2.29. The van der Waals surface area contributed by atoms with Gasteiger partial charge in [0.15, 0.2) is 0 Å². The molecule has 3 aromatic rings. The summed E-state index contributed by atoms with van der Waals surface area (Å²) in [5, 5.41) is 5.30. The molecule has 8 nitrogen and oxygen atoms in total. The molecule has 40 heavy (non-hydrogen) atoms. The second kappa shape index (κ2) is 13.2. The van der Waals surface area contributed by atoms with E-state index in [0.717, 1.165) is 57.2 Å². The summed E-state index contributed by atoms with van der Waals surface area (Å²) in [6.45, 7) is 5.31. The lowest BCUT2D eigenvalue weighted by Gasteiger charge is -2.35. The number of benzene rings is 2. The molecule has 1 aliphatic heterocycles. The maximum Gasteiger partial charge on any atom is 0.416 e. The minimum absolute atomic E-state index is 0.113. The molecular formula is C29H30F3N5O3. The Bertz CT molecular complexity index is 1340. The van der Waals surface area contributed by atoms with Crippen molar-refractivity contribution in [2.45, 2.75) is 6.18 Å². The third-order valence-electron chi connectivity index (χ3n) is 6.37. The summed E-state index contributed by atoms with van der Waals surface area (Å²) in [6.07, 6.45) is 0.0924. The Morgan fingerprint density at radius 2 is 1.77 bits per heavy atom. The summed E-state index contributed by atoms with van der Waals surface area (Å²) < 4.78 is 44.0. The zero-order valence-electron chi connectivity index (χ0n) is 21.9. The van der Waals surface area contributed by atoms with E-state index in [1.54, 1.807) is 49.7 Å². The predicted molar refractivity (Wildman–Crippen MR) is 148 cm³/mol. The lowest BCUT2D eigenvalue weighted by molar-refractivity contribution is -0.137. The van der Waals surface area contributed by atoms with Crippen LogP contribution in [0, 0.1) is 0 Å². The van der Waals surface area contributed by atoms with Crippen LogP contribution in [0.2, 0.25) is 0 Å². The summed E-state index contributed by atoms with van der Waals surface area (Å²) in [6, 6.07) is 14.5. The topological polar surface area (TPSA) is 86.8 Å². The smallest absolute Gasteiger partial charge is 0.383 e. The number of anilines is 3. The van der Waals surface area contributed by atoms with Crippen LogP contribution in [-0.4, -0.2) is 68.1 Å². The Kier molecular flexibility index (Phi) is 9.52. The number of amides is 2. The van der Waals surface area contributed by atoms with Crippen molar-refractivity contribution in [2.75, 3.05) is 62.0 Å². The van der Waals surface area contributed by atoms with Crippen LogP contribution in [0.15, 0.2) is 72.9 Å². The maximum absolute atomic E-state index is 13.0. The molecule has 1 aliphatic rings. The Labute approximate surface area is 230 Å². The number of rotatable bonds is 9. The fourth-order valence-electron chi connectivity index (χ4n) is 4.20. The summed E-state index contributed by atoms with van der Waals surface area (Å²) in [4.78, 5) is 33.9. The number of ether oxygens (including phenoxy) is 1. The average Bonchev–Trinajstić information content (AvgIpc) is 2.95. The molecule has 1 fully saturated rings. The van der Waals surface area contributed by atoms with Crippen molar-refractivity contribution >= 4 is 35.1 Å². The van der Waals surface area contributed by atoms with Crippen LogP contribution in [-0.2, 0) is 15.7 Å². The standard InChI is InChI=1S/C29H30F3N5O3/c1-40-17-16-36-12-14-37(15-13-36)25-9-10-26(33-20-25)35-27(38)11-8-21-4-2-7-24(18-21)34-28(39)22-5-3-6-23(19-22)29(30,31)32/h2-11,18-20H,12-17H2,1H3,(H,34,39)(H,33,35,38)/b11-8+. The van der Waals surface area contributed by atoms with E-state index in [1.165, 1.54) is 18.2 Å². The number of carbonyl (C=O) groups is 2. The lowest BCUT2D eigenvalue weighted by Crippen LogP contribution is -2.47. The Balaban J connectivity index is 1.29. The van der Waals surface area contributed by atoms with Gasteiger partial charge in [-0.3, -0.25) is 14.5 Å². The number of carbonyl (C=O) groups excluding carboxylic acids is 2. The minimum Gasteiger partial charge on any atom is -0.383 e. The van der Waals surface area contributed by atoms with Gasteiger partial charge >= 0.3 is 6.18 Å². The van der Waals surface area contributed by atoms with Gasteiger partial charge in [0.2, 0.25) is 5.91 Å². The monoisotopic (exact) mass is 553 g/mol. The number of nitrogens with one attached hydrogen (secondary N) is 2. The van der Waals surface area contributed by atoms with Crippen LogP contribution >= 0.6 is 0 Å². The molecule has 1 saturated heterocycles. The molecule has 210 valence electrons. The number of methoxy groups -OCH3 is 1. The predicted octanol–water partition coefficient (Wildman–Crippen LogP) is 4.77. The van der Waals surface area contributed by atoms with Crippen LogP contribution in [0.5, 0.6) is 0 Å². The maximum atomic E-state index is 13.0. The van der Waals surface area contributed by atoms with E-state index in [-0.39, 0.29) is 11.5 Å². The molecule has 0 radical (unpaired) electrons. The molecule has 1 aromatic heterocycles. The normalized spacial score (nSPS) is 14.3. The summed E-state index contributed by atoms with van der Waals surface area (Å²) in [5.41, 5.74) is 0.970. The molecule has 2 amide bonds. The molecule has 0 atom stereocenters. The zero-order valence-corrected chi connectivity index (χ0v) is 21.9. The van der Waals surface area contributed by atoms with Crippen molar-refractivity contribution in [1.82, 2.24) is 9.88 Å². The third-order valence-corrected chi connectivity index (χ3v) is 6.37. The number of alkyl halides is 3. The molecule has 0 saturated carbocycles. The fourth-order valence-corrected chi connectivity index (χ4v) is 4.20. The molecule has 0 bridgehead atoms. The number of aromatic nitrogens is 1. The number of piperazine rings is 1. The molecule has 0 spiro atoms. The second-order valence-corrected chi connectivity index (χ2v) is 9.20. The van der Waals surface area contributed by atoms with E-state index in [4.69, 9.17) is 4.74 Å². The van der Waals surface area contributed by atoms with Gasteiger partial charge in [0.25, 0.3) is 5.91 Å². The first-order chi connectivity index (χ1) is 19.2. The fraction of sp³-hybridized carbons (Fsp3) is 0.276. The first-order valence-corrected chi connectivity index (χ1v) is 12.7. The first kappa shape index (κ1) is 28.8. The molecule has 4 rings (SSSR count). The van der Waals surface area contributed by atoms with E-state index in [2.05, 4.69) is 25.4 Å².